The monoisotopic (exact) mass is 382 g/mol. The molecule has 3 aromatic rings. The van der Waals surface area contributed by atoms with Gasteiger partial charge in [0, 0.05) is 19.6 Å². The molecule has 3 heterocycles. The second kappa shape index (κ2) is 8.00. The number of hydrogen-bond acceptors (Lipinski definition) is 5. The van der Waals surface area contributed by atoms with Crippen molar-refractivity contribution in [3.63, 3.8) is 0 Å². The minimum absolute atomic E-state index is 0.139. The van der Waals surface area contributed by atoms with E-state index in [2.05, 4.69) is 35.3 Å². The third-order valence-electron chi connectivity index (χ3n) is 4.71. The number of carbonyl (C=O) groups excluding carboxylic acids is 1. The number of benzene rings is 1. The lowest BCUT2D eigenvalue weighted by molar-refractivity contribution is -0.129. The topological polar surface area (TPSA) is 64.2 Å². The summed E-state index contributed by atoms with van der Waals surface area (Å²) in [5.41, 5.74) is 2.59. The van der Waals surface area contributed by atoms with Crippen molar-refractivity contribution in [2.24, 2.45) is 0 Å². The average Bonchev–Trinajstić information content (AvgIpc) is 3.36. The molecule has 0 unspecified atom stereocenters. The molecule has 1 amide bonds. The molecule has 0 saturated heterocycles. The van der Waals surface area contributed by atoms with Gasteiger partial charge in [0.1, 0.15) is 0 Å². The normalized spacial score (nSPS) is 13.6. The van der Waals surface area contributed by atoms with E-state index in [1.807, 2.05) is 27.7 Å². The van der Waals surface area contributed by atoms with Crippen LogP contribution >= 0.6 is 11.8 Å². The Balaban J connectivity index is 1.44. The molecular weight excluding hydrogens is 360 g/mol. The van der Waals surface area contributed by atoms with Crippen molar-refractivity contribution in [3.05, 3.63) is 53.8 Å². The van der Waals surface area contributed by atoms with Gasteiger partial charge >= 0.3 is 0 Å². The van der Waals surface area contributed by atoms with E-state index in [0.29, 0.717) is 23.9 Å². The largest absolute Gasteiger partial charge is 0.461 e. The summed E-state index contributed by atoms with van der Waals surface area (Å²) in [6.45, 7) is 4.36. The zero-order chi connectivity index (χ0) is 18.6. The lowest BCUT2D eigenvalue weighted by Gasteiger charge is -2.28. The van der Waals surface area contributed by atoms with Crippen LogP contribution in [0.1, 0.15) is 24.5 Å². The number of amides is 1. The van der Waals surface area contributed by atoms with Crippen LogP contribution in [0.5, 0.6) is 0 Å². The van der Waals surface area contributed by atoms with E-state index in [0.717, 1.165) is 31.1 Å². The van der Waals surface area contributed by atoms with Crippen LogP contribution in [0.25, 0.3) is 11.6 Å². The first-order valence-electron chi connectivity index (χ1n) is 9.20. The maximum Gasteiger partial charge on any atom is 0.233 e. The Hall–Kier alpha value is -2.54. The van der Waals surface area contributed by atoms with Gasteiger partial charge in [0.2, 0.25) is 5.91 Å². The van der Waals surface area contributed by atoms with E-state index >= 15 is 0 Å². The SMILES string of the molecule is CCCn1c(SCC(=O)N2CCc3ccccc3C2)nnc1-c1ccco1. The number of nitrogens with zero attached hydrogens (tertiary/aromatic N) is 4. The first-order chi connectivity index (χ1) is 13.3. The summed E-state index contributed by atoms with van der Waals surface area (Å²) in [4.78, 5) is 14.6. The molecule has 1 aliphatic heterocycles. The van der Waals surface area contributed by atoms with Crippen LogP contribution in [0.2, 0.25) is 0 Å². The number of hydrogen-bond donors (Lipinski definition) is 0. The summed E-state index contributed by atoms with van der Waals surface area (Å²) in [6, 6.07) is 12.1. The fourth-order valence-corrected chi connectivity index (χ4v) is 4.20. The number of thioether (sulfide) groups is 1. The van der Waals surface area contributed by atoms with Crippen LogP contribution in [-0.4, -0.2) is 37.9 Å². The predicted molar refractivity (Wildman–Crippen MR) is 104 cm³/mol. The summed E-state index contributed by atoms with van der Waals surface area (Å²) >= 11 is 1.44. The molecule has 0 atom stereocenters. The highest BCUT2D eigenvalue weighted by molar-refractivity contribution is 7.99. The fraction of sp³-hybridized carbons (Fsp3) is 0.350. The maximum absolute atomic E-state index is 12.7. The highest BCUT2D eigenvalue weighted by Gasteiger charge is 2.22. The molecule has 0 saturated carbocycles. The molecule has 4 rings (SSSR count). The van der Waals surface area contributed by atoms with Crippen molar-refractivity contribution in [2.45, 2.75) is 38.0 Å². The first kappa shape index (κ1) is 17.9. The van der Waals surface area contributed by atoms with E-state index in [9.17, 15) is 4.79 Å². The van der Waals surface area contributed by atoms with Crippen molar-refractivity contribution < 1.29 is 9.21 Å². The van der Waals surface area contributed by atoms with Crippen LogP contribution in [0.15, 0.2) is 52.2 Å². The summed E-state index contributed by atoms with van der Waals surface area (Å²) < 4.78 is 7.50. The number of fused-ring (bicyclic) bond motifs is 1. The number of rotatable bonds is 6. The Morgan fingerprint density at radius 1 is 1.19 bits per heavy atom. The van der Waals surface area contributed by atoms with Crippen LogP contribution in [0.4, 0.5) is 0 Å². The van der Waals surface area contributed by atoms with Gasteiger partial charge in [0.25, 0.3) is 0 Å². The van der Waals surface area contributed by atoms with Crippen LogP contribution < -0.4 is 0 Å². The van der Waals surface area contributed by atoms with Crippen molar-refractivity contribution in [2.75, 3.05) is 12.3 Å². The van der Waals surface area contributed by atoms with Gasteiger partial charge in [-0.05, 0) is 36.1 Å². The van der Waals surface area contributed by atoms with Gasteiger partial charge in [-0.3, -0.25) is 9.36 Å². The van der Waals surface area contributed by atoms with Crippen LogP contribution in [0, 0.1) is 0 Å². The standard InChI is InChI=1S/C20H22N4O2S/c1-2-10-24-19(17-8-5-12-26-17)21-22-20(24)27-14-18(25)23-11-9-15-6-3-4-7-16(15)13-23/h3-8,12H,2,9-11,13-14H2,1H3. The Labute approximate surface area is 162 Å². The Morgan fingerprint density at radius 3 is 2.81 bits per heavy atom. The smallest absolute Gasteiger partial charge is 0.233 e. The molecule has 0 fully saturated rings. The molecule has 0 aliphatic carbocycles. The molecule has 140 valence electrons. The molecule has 0 N–H and O–H groups in total. The van der Waals surface area contributed by atoms with Gasteiger partial charge in [-0.2, -0.15) is 0 Å². The third kappa shape index (κ3) is 3.78. The van der Waals surface area contributed by atoms with E-state index in [1.165, 1.54) is 22.9 Å². The quantitative estimate of drug-likeness (QED) is 0.609. The molecule has 0 bridgehead atoms. The van der Waals surface area contributed by atoms with Crippen LogP contribution in [-0.2, 0) is 24.3 Å². The van der Waals surface area contributed by atoms with Crippen molar-refractivity contribution in [3.8, 4) is 11.6 Å². The Kier molecular flexibility index (Phi) is 5.29. The minimum atomic E-state index is 0.139. The van der Waals surface area contributed by atoms with Gasteiger partial charge < -0.3 is 9.32 Å². The molecule has 27 heavy (non-hydrogen) atoms. The number of furan rings is 1. The average molecular weight is 382 g/mol. The van der Waals surface area contributed by atoms with Crippen LogP contribution in [0.3, 0.4) is 0 Å². The van der Waals surface area contributed by atoms with Gasteiger partial charge in [0.15, 0.2) is 16.7 Å². The van der Waals surface area contributed by atoms with Crippen molar-refractivity contribution in [1.29, 1.82) is 0 Å². The lowest BCUT2D eigenvalue weighted by atomic mass is 10.00. The van der Waals surface area contributed by atoms with E-state index < -0.39 is 0 Å². The third-order valence-corrected chi connectivity index (χ3v) is 5.67. The van der Waals surface area contributed by atoms with Gasteiger partial charge in [0.05, 0.1) is 12.0 Å². The van der Waals surface area contributed by atoms with E-state index in [4.69, 9.17) is 4.42 Å². The minimum Gasteiger partial charge on any atom is -0.461 e. The molecule has 2 aromatic heterocycles. The molecule has 1 aromatic carbocycles. The summed E-state index contributed by atoms with van der Waals surface area (Å²) in [5, 5.41) is 9.32. The maximum atomic E-state index is 12.7. The van der Waals surface area contributed by atoms with E-state index in [-0.39, 0.29) is 5.91 Å². The summed E-state index contributed by atoms with van der Waals surface area (Å²) in [6.07, 6.45) is 3.50. The fourth-order valence-electron chi connectivity index (χ4n) is 3.33. The molecule has 6 nitrogen and oxygen atoms in total. The summed E-state index contributed by atoms with van der Waals surface area (Å²) in [5.74, 6) is 1.91. The summed E-state index contributed by atoms with van der Waals surface area (Å²) in [7, 11) is 0. The highest BCUT2D eigenvalue weighted by Crippen LogP contribution is 2.26. The Bertz CT molecular complexity index is 920. The van der Waals surface area contributed by atoms with Crippen molar-refractivity contribution >= 4 is 17.7 Å². The predicted octanol–water partition coefficient (Wildman–Crippen LogP) is 3.63. The second-order valence-corrected chi connectivity index (χ2v) is 7.50. The first-order valence-corrected chi connectivity index (χ1v) is 10.2. The molecule has 0 spiro atoms. The lowest BCUT2D eigenvalue weighted by Crippen LogP contribution is -2.37. The zero-order valence-electron chi connectivity index (χ0n) is 15.3. The van der Waals surface area contributed by atoms with E-state index in [1.54, 1.807) is 6.26 Å². The molecule has 0 radical (unpaired) electrons. The van der Waals surface area contributed by atoms with Crippen molar-refractivity contribution in [1.82, 2.24) is 19.7 Å². The number of aromatic nitrogens is 3. The second-order valence-electron chi connectivity index (χ2n) is 6.56. The van der Waals surface area contributed by atoms with Gasteiger partial charge in [-0.15, -0.1) is 10.2 Å². The molecule has 7 heteroatoms. The zero-order valence-corrected chi connectivity index (χ0v) is 16.1. The van der Waals surface area contributed by atoms with Gasteiger partial charge in [-0.1, -0.05) is 43.0 Å². The number of carbonyl (C=O) groups is 1. The molecular formula is C20H22N4O2S. The van der Waals surface area contributed by atoms with Gasteiger partial charge in [-0.25, -0.2) is 0 Å². The Morgan fingerprint density at radius 2 is 2.04 bits per heavy atom. The molecule has 1 aliphatic rings. The highest BCUT2D eigenvalue weighted by atomic mass is 32.2.